The zero-order chi connectivity index (χ0) is 22.1. The molecule has 3 heterocycles. The van der Waals surface area contributed by atoms with E-state index in [4.69, 9.17) is 9.47 Å². The van der Waals surface area contributed by atoms with Crippen molar-refractivity contribution >= 4 is 17.2 Å². The first-order valence-corrected chi connectivity index (χ1v) is 12.1. The van der Waals surface area contributed by atoms with Crippen LogP contribution in [0, 0.1) is 13.8 Å². The Bertz CT molecular complexity index is 1130. The smallest absolute Gasteiger partial charge is 0.255 e. The van der Waals surface area contributed by atoms with E-state index in [1.807, 2.05) is 12.3 Å². The van der Waals surface area contributed by atoms with Crippen molar-refractivity contribution in [2.45, 2.75) is 45.6 Å². The molecule has 5 nitrogen and oxygen atoms in total. The van der Waals surface area contributed by atoms with E-state index in [-0.39, 0.29) is 11.9 Å². The molecule has 1 saturated heterocycles. The standard InChI is InChI=1S/C26H28N2O3S/c1-16-15-27-26(32-16)19-5-3-18(4-6-19)13-20-14-23(24-22(17(20)2)9-12-31-24)25(29)28-21-7-10-30-11-8-21/h3-6,14-15,21H,7-13H2,1-2H3,(H,28,29). The maximum Gasteiger partial charge on any atom is 0.255 e. The Labute approximate surface area is 192 Å². The highest BCUT2D eigenvalue weighted by Gasteiger charge is 2.26. The summed E-state index contributed by atoms with van der Waals surface area (Å²) < 4.78 is 11.3. The van der Waals surface area contributed by atoms with Gasteiger partial charge in [0, 0.05) is 47.9 Å². The van der Waals surface area contributed by atoms with Crippen LogP contribution in [0.3, 0.4) is 0 Å². The Balaban J connectivity index is 1.40. The second-order valence-electron chi connectivity index (χ2n) is 8.62. The number of hydrogen-bond acceptors (Lipinski definition) is 5. The van der Waals surface area contributed by atoms with Gasteiger partial charge in [0.25, 0.3) is 5.91 Å². The van der Waals surface area contributed by atoms with Crippen molar-refractivity contribution in [3.8, 4) is 16.3 Å². The summed E-state index contributed by atoms with van der Waals surface area (Å²) in [5, 5.41) is 4.25. The van der Waals surface area contributed by atoms with Crippen molar-refractivity contribution in [1.29, 1.82) is 0 Å². The Morgan fingerprint density at radius 1 is 1.16 bits per heavy atom. The zero-order valence-corrected chi connectivity index (χ0v) is 19.4. The van der Waals surface area contributed by atoms with Gasteiger partial charge in [0.15, 0.2) is 0 Å². The van der Waals surface area contributed by atoms with Crippen LogP contribution in [-0.2, 0) is 17.6 Å². The molecule has 1 amide bonds. The van der Waals surface area contributed by atoms with Crippen molar-refractivity contribution in [3.63, 3.8) is 0 Å². The summed E-state index contributed by atoms with van der Waals surface area (Å²) >= 11 is 1.71. The molecule has 0 saturated carbocycles. The SMILES string of the molecule is Cc1cnc(-c2ccc(Cc3cc(C(=O)NC4CCOCC4)c4c(c3C)CCO4)cc2)s1. The van der Waals surface area contributed by atoms with Gasteiger partial charge in [-0.2, -0.15) is 0 Å². The maximum absolute atomic E-state index is 13.2. The molecular weight excluding hydrogens is 420 g/mol. The fourth-order valence-corrected chi connectivity index (χ4v) is 5.30. The van der Waals surface area contributed by atoms with E-state index in [1.165, 1.54) is 27.1 Å². The number of hydrogen-bond donors (Lipinski definition) is 1. The summed E-state index contributed by atoms with van der Waals surface area (Å²) in [5.74, 6) is 0.732. The first-order chi connectivity index (χ1) is 15.6. The third kappa shape index (κ3) is 4.30. The lowest BCUT2D eigenvalue weighted by atomic mass is 9.92. The molecule has 0 unspecified atom stereocenters. The predicted molar refractivity (Wildman–Crippen MR) is 127 cm³/mol. The summed E-state index contributed by atoms with van der Waals surface area (Å²) in [5.41, 5.74) is 6.63. The predicted octanol–water partition coefficient (Wildman–Crippen LogP) is 4.86. The summed E-state index contributed by atoms with van der Waals surface area (Å²) in [6.07, 6.45) is 5.27. The number of ether oxygens (including phenoxy) is 2. The van der Waals surface area contributed by atoms with E-state index in [1.54, 1.807) is 11.3 Å². The number of aromatic nitrogens is 1. The first-order valence-electron chi connectivity index (χ1n) is 11.3. The minimum Gasteiger partial charge on any atom is -0.492 e. The number of benzene rings is 2. The van der Waals surface area contributed by atoms with E-state index >= 15 is 0 Å². The topological polar surface area (TPSA) is 60.5 Å². The third-order valence-corrected chi connectivity index (χ3v) is 7.35. The van der Waals surface area contributed by atoms with Crippen LogP contribution in [0.5, 0.6) is 5.75 Å². The minimum atomic E-state index is -0.0363. The molecule has 1 aromatic heterocycles. The van der Waals surface area contributed by atoms with Crippen molar-refractivity contribution in [3.05, 3.63) is 69.2 Å². The number of aryl methyl sites for hydroxylation is 1. The summed E-state index contributed by atoms with van der Waals surface area (Å²) in [6.45, 7) is 6.27. The molecule has 0 radical (unpaired) electrons. The largest absolute Gasteiger partial charge is 0.492 e. The molecule has 5 rings (SSSR count). The van der Waals surface area contributed by atoms with Crippen LogP contribution in [0.2, 0.25) is 0 Å². The highest BCUT2D eigenvalue weighted by molar-refractivity contribution is 7.14. The Morgan fingerprint density at radius 2 is 1.94 bits per heavy atom. The van der Waals surface area contributed by atoms with E-state index in [9.17, 15) is 4.79 Å². The molecule has 166 valence electrons. The van der Waals surface area contributed by atoms with Crippen LogP contribution in [0.1, 0.15) is 50.3 Å². The average Bonchev–Trinajstić information content (AvgIpc) is 3.46. The fraction of sp³-hybridized carbons (Fsp3) is 0.385. The maximum atomic E-state index is 13.2. The fourth-order valence-electron chi connectivity index (χ4n) is 4.53. The molecule has 32 heavy (non-hydrogen) atoms. The van der Waals surface area contributed by atoms with Crippen LogP contribution in [0.4, 0.5) is 0 Å². The van der Waals surface area contributed by atoms with Crippen LogP contribution in [-0.4, -0.2) is 36.8 Å². The van der Waals surface area contributed by atoms with Crippen LogP contribution >= 0.6 is 11.3 Å². The van der Waals surface area contributed by atoms with Crippen LogP contribution < -0.4 is 10.1 Å². The van der Waals surface area contributed by atoms with E-state index in [2.05, 4.69) is 48.4 Å². The van der Waals surface area contributed by atoms with Gasteiger partial charge in [-0.3, -0.25) is 4.79 Å². The molecule has 0 aliphatic carbocycles. The monoisotopic (exact) mass is 448 g/mol. The van der Waals surface area contributed by atoms with Gasteiger partial charge in [0.2, 0.25) is 0 Å². The summed E-state index contributed by atoms with van der Waals surface area (Å²) in [4.78, 5) is 18.9. The number of nitrogens with zero attached hydrogens (tertiary/aromatic N) is 1. The van der Waals surface area contributed by atoms with Crippen molar-refractivity contribution < 1.29 is 14.3 Å². The molecule has 6 heteroatoms. The number of nitrogens with one attached hydrogen (secondary N) is 1. The minimum absolute atomic E-state index is 0.0363. The van der Waals surface area contributed by atoms with Crippen LogP contribution in [0.25, 0.3) is 10.6 Å². The molecule has 1 fully saturated rings. The van der Waals surface area contributed by atoms with Gasteiger partial charge >= 0.3 is 0 Å². The number of carbonyl (C=O) groups excluding carboxylic acids is 1. The van der Waals surface area contributed by atoms with E-state index in [0.717, 1.165) is 42.0 Å². The number of rotatable bonds is 5. The van der Waals surface area contributed by atoms with Crippen LogP contribution in [0.15, 0.2) is 36.5 Å². The molecule has 0 atom stereocenters. The van der Waals surface area contributed by atoms with Gasteiger partial charge in [0.1, 0.15) is 10.8 Å². The number of thiazole rings is 1. The van der Waals surface area contributed by atoms with Crippen molar-refractivity contribution in [2.75, 3.05) is 19.8 Å². The zero-order valence-electron chi connectivity index (χ0n) is 18.6. The quantitative estimate of drug-likeness (QED) is 0.605. The summed E-state index contributed by atoms with van der Waals surface area (Å²) in [7, 11) is 0. The first kappa shape index (κ1) is 21.2. The van der Waals surface area contributed by atoms with Gasteiger partial charge in [-0.25, -0.2) is 4.98 Å². The van der Waals surface area contributed by atoms with Gasteiger partial charge < -0.3 is 14.8 Å². The van der Waals surface area contributed by atoms with Crippen molar-refractivity contribution in [1.82, 2.24) is 10.3 Å². The lowest BCUT2D eigenvalue weighted by Gasteiger charge is -2.24. The molecule has 2 aliphatic rings. The van der Waals surface area contributed by atoms with Gasteiger partial charge in [-0.1, -0.05) is 24.3 Å². The number of amides is 1. The van der Waals surface area contributed by atoms with Crippen molar-refractivity contribution in [2.24, 2.45) is 0 Å². The molecule has 1 N–H and O–H groups in total. The van der Waals surface area contributed by atoms with Gasteiger partial charge in [0.05, 0.1) is 12.2 Å². The average molecular weight is 449 g/mol. The molecule has 2 aromatic carbocycles. The highest BCUT2D eigenvalue weighted by Crippen LogP contribution is 2.36. The lowest BCUT2D eigenvalue weighted by Crippen LogP contribution is -2.39. The Morgan fingerprint density at radius 3 is 2.66 bits per heavy atom. The Kier molecular flexibility index (Phi) is 5.98. The number of fused-ring (bicyclic) bond motifs is 1. The number of carbonyl (C=O) groups is 1. The molecule has 2 aliphatic heterocycles. The van der Waals surface area contributed by atoms with Gasteiger partial charge in [-0.05, 0) is 55.9 Å². The van der Waals surface area contributed by atoms with Gasteiger partial charge in [-0.15, -0.1) is 11.3 Å². The summed E-state index contributed by atoms with van der Waals surface area (Å²) in [6, 6.07) is 10.8. The molecule has 3 aromatic rings. The third-order valence-electron chi connectivity index (χ3n) is 6.39. The Hall–Kier alpha value is -2.70. The molecule has 0 spiro atoms. The normalized spacial score (nSPS) is 15.9. The molecule has 0 bridgehead atoms. The van der Waals surface area contributed by atoms with E-state index < -0.39 is 0 Å². The highest BCUT2D eigenvalue weighted by atomic mass is 32.1. The van der Waals surface area contributed by atoms with E-state index in [0.29, 0.717) is 25.4 Å². The lowest BCUT2D eigenvalue weighted by molar-refractivity contribution is 0.0695. The molecular formula is C26H28N2O3S. The second kappa shape index (κ2) is 9.04. The second-order valence-corrected chi connectivity index (χ2v) is 9.86.